The van der Waals surface area contributed by atoms with Crippen molar-refractivity contribution in [3.63, 3.8) is 0 Å². The second-order valence-electron chi connectivity index (χ2n) is 14.8. The zero-order chi connectivity index (χ0) is 35.9. The predicted octanol–water partition coefficient (Wildman–Crippen LogP) is 11.3. The normalized spacial score (nSPS) is 17.8. The molecule has 2 aliphatic rings. The maximum atomic E-state index is 13.8. The van der Waals surface area contributed by atoms with Gasteiger partial charge < -0.3 is 18.9 Å². The van der Waals surface area contributed by atoms with Crippen molar-refractivity contribution in [2.24, 2.45) is 0 Å². The number of hydrogen-bond acceptors (Lipinski definition) is 7. The molecule has 1 unspecified atom stereocenters. The van der Waals surface area contributed by atoms with Gasteiger partial charge in [-0.3, -0.25) is 0 Å². The first-order chi connectivity index (χ1) is 24.5. The Kier molecular flexibility index (Phi) is 9.79. The number of carbonyl (C=O) groups is 1. The number of rotatable bonds is 4. The van der Waals surface area contributed by atoms with Crippen molar-refractivity contribution in [3.05, 3.63) is 101 Å². The van der Waals surface area contributed by atoms with Gasteiger partial charge in [-0.25, -0.2) is 9.78 Å². The smallest absolute Gasteiger partial charge is 0.339 e. The van der Waals surface area contributed by atoms with Crippen molar-refractivity contribution in [2.75, 3.05) is 13.2 Å². The zero-order valence-corrected chi connectivity index (χ0v) is 31.5. The molecule has 3 heterocycles. The number of esters is 1. The molecule has 3 atom stereocenters. The molecule has 264 valence electrons. The number of fused-ring (bicyclic) bond motifs is 8. The quantitative estimate of drug-likeness (QED) is 0.137. The van der Waals surface area contributed by atoms with Crippen LogP contribution in [-0.2, 0) is 14.3 Å². The molecule has 5 aromatic rings. The standard InChI is InChI=1S/C44H47NO5S/c1-8-47-43(46)40(50-44(5,6)7)38-27(3)23-35-41-39(38)31-17-19-36-34(25-31)29(20-21-48-36)13-10-9-12-28(4)49-37-18-16-26(2)22-33(37)30-14-11-15-32(24-30)42(45-35)51-41/h9-11,14-19,22-25,28-29,40H,8,12-13,20-21H2,1-7H3/t28-,29?,40-/m0/s1. The van der Waals surface area contributed by atoms with Crippen molar-refractivity contribution >= 4 is 27.5 Å². The van der Waals surface area contributed by atoms with Crippen LogP contribution in [0.2, 0.25) is 0 Å². The molecule has 1 aromatic heterocycles. The highest BCUT2D eigenvalue weighted by Crippen LogP contribution is 2.47. The first-order valence-corrected chi connectivity index (χ1v) is 18.9. The Bertz CT molecular complexity index is 2120. The van der Waals surface area contributed by atoms with E-state index in [1.165, 1.54) is 11.1 Å². The van der Waals surface area contributed by atoms with E-state index in [0.29, 0.717) is 12.5 Å². The Morgan fingerprint density at radius 3 is 2.55 bits per heavy atom. The number of hydrogen-bond donors (Lipinski definition) is 0. The largest absolute Gasteiger partial charge is 0.493 e. The van der Waals surface area contributed by atoms with Gasteiger partial charge in [0.2, 0.25) is 0 Å². The monoisotopic (exact) mass is 701 g/mol. The van der Waals surface area contributed by atoms with Crippen LogP contribution in [0.25, 0.3) is 43.0 Å². The first-order valence-electron chi connectivity index (χ1n) is 18.1. The van der Waals surface area contributed by atoms with Crippen molar-refractivity contribution in [1.29, 1.82) is 0 Å². The van der Waals surface area contributed by atoms with E-state index >= 15 is 0 Å². The minimum atomic E-state index is -0.924. The Hall–Kier alpha value is -4.46. The van der Waals surface area contributed by atoms with Crippen LogP contribution in [-0.4, -0.2) is 35.9 Å². The molecule has 4 aromatic carbocycles. The third-order valence-electron chi connectivity index (χ3n) is 9.56. The number of thiazole rings is 1. The highest BCUT2D eigenvalue weighted by atomic mass is 32.1. The minimum absolute atomic E-state index is 0.00675. The molecule has 0 aliphatic carbocycles. The summed E-state index contributed by atoms with van der Waals surface area (Å²) in [5.41, 5.74) is 9.50. The van der Waals surface area contributed by atoms with Gasteiger partial charge in [0.15, 0.2) is 6.10 Å². The number of allylic oxidation sites excluding steroid dienone is 1. The number of aryl methyl sites for hydroxylation is 2. The summed E-state index contributed by atoms with van der Waals surface area (Å²) in [6, 6.07) is 23.5. The number of ether oxygens (including phenoxy) is 4. The lowest BCUT2D eigenvalue weighted by molar-refractivity contribution is -0.166. The number of carbonyl (C=O) groups excluding carboxylic acids is 1. The molecule has 0 spiro atoms. The molecule has 0 N–H and O–H groups in total. The molecule has 51 heavy (non-hydrogen) atoms. The van der Waals surface area contributed by atoms with Crippen molar-refractivity contribution in [3.8, 4) is 44.3 Å². The molecule has 0 fully saturated rings. The Morgan fingerprint density at radius 1 is 0.961 bits per heavy atom. The highest BCUT2D eigenvalue weighted by molar-refractivity contribution is 7.22. The fraction of sp³-hybridized carbons (Fsp3) is 0.364. The Balaban J connectivity index is 1.50. The summed E-state index contributed by atoms with van der Waals surface area (Å²) >= 11 is 1.64. The summed E-state index contributed by atoms with van der Waals surface area (Å²) in [6.07, 6.45) is 6.25. The van der Waals surface area contributed by atoms with Crippen LogP contribution in [0.1, 0.15) is 88.2 Å². The Labute approximate surface area is 305 Å². The van der Waals surface area contributed by atoms with E-state index in [1.807, 2.05) is 34.6 Å². The van der Waals surface area contributed by atoms with Crippen LogP contribution in [0.15, 0.2) is 78.9 Å². The molecule has 0 amide bonds. The molecular weight excluding hydrogens is 655 g/mol. The van der Waals surface area contributed by atoms with E-state index in [4.69, 9.17) is 23.9 Å². The maximum Gasteiger partial charge on any atom is 0.339 e. The molecule has 7 rings (SSSR count). The molecular formula is C44H47NO5S. The number of nitrogens with zero attached hydrogens (tertiary/aromatic N) is 1. The lowest BCUT2D eigenvalue weighted by Crippen LogP contribution is -2.29. The maximum absolute atomic E-state index is 13.8. The summed E-state index contributed by atoms with van der Waals surface area (Å²) in [5, 5.41) is 0.902. The molecule has 0 radical (unpaired) electrons. The van der Waals surface area contributed by atoms with Crippen LogP contribution in [0.3, 0.4) is 0 Å². The van der Waals surface area contributed by atoms with Gasteiger partial charge in [-0.15, -0.1) is 11.3 Å². The number of aromatic nitrogens is 1. The minimum Gasteiger partial charge on any atom is -0.493 e. The van der Waals surface area contributed by atoms with Crippen LogP contribution in [0.4, 0.5) is 0 Å². The summed E-state index contributed by atoms with van der Waals surface area (Å²) in [5.74, 6) is 1.69. The van der Waals surface area contributed by atoms with Crippen molar-refractivity contribution < 1.29 is 23.7 Å². The Morgan fingerprint density at radius 2 is 1.75 bits per heavy atom. The fourth-order valence-electron chi connectivity index (χ4n) is 7.23. The van der Waals surface area contributed by atoms with Crippen LogP contribution >= 0.6 is 11.3 Å². The zero-order valence-electron chi connectivity index (χ0n) is 30.7. The summed E-state index contributed by atoms with van der Waals surface area (Å²) in [6.45, 7) is 15.0. The molecule has 0 saturated carbocycles. The van der Waals surface area contributed by atoms with Crippen molar-refractivity contribution in [2.45, 2.75) is 91.5 Å². The van der Waals surface area contributed by atoms with Gasteiger partial charge in [-0.1, -0.05) is 48.0 Å². The average molecular weight is 702 g/mol. The fourth-order valence-corrected chi connectivity index (χ4v) is 8.35. The van der Waals surface area contributed by atoms with Crippen LogP contribution in [0.5, 0.6) is 11.5 Å². The SMILES string of the molecule is CCOC(=O)[C@@H](OC(C)(C)C)c1c(C)cc2nc3sc2c1-c1ccc2c(c1)C(CC=CC[C@H](C)Oc1ccc(C)cc1-c1cccc-3c1)CCO2. The second kappa shape index (κ2) is 14.3. The predicted molar refractivity (Wildman–Crippen MR) is 207 cm³/mol. The van der Waals surface area contributed by atoms with Gasteiger partial charge >= 0.3 is 5.97 Å². The van der Waals surface area contributed by atoms with Crippen LogP contribution < -0.4 is 9.47 Å². The first kappa shape index (κ1) is 35.0. The van der Waals surface area contributed by atoms with Gasteiger partial charge in [0.1, 0.15) is 16.5 Å². The van der Waals surface area contributed by atoms with Gasteiger partial charge in [0.25, 0.3) is 0 Å². The van der Waals surface area contributed by atoms with E-state index in [0.717, 1.165) is 84.9 Å². The molecule has 6 bridgehead atoms. The van der Waals surface area contributed by atoms with Gasteiger partial charge in [0.05, 0.1) is 35.1 Å². The van der Waals surface area contributed by atoms with E-state index in [2.05, 4.69) is 92.7 Å². The third-order valence-corrected chi connectivity index (χ3v) is 10.7. The van der Waals surface area contributed by atoms with E-state index < -0.39 is 17.7 Å². The average Bonchev–Trinajstić information content (AvgIpc) is 3.52. The number of benzene rings is 4. The molecule has 6 nitrogen and oxygen atoms in total. The van der Waals surface area contributed by atoms with Crippen molar-refractivity contribution in [1.82, 2.24) is 4.98 Å². The molecule has 0 saturated heterocycles. The van der Waals surface area contributed by atoms with Crippen LogP contribution in [0, 0.1) is 13.8 Å². The second-order valence-corrected chi connectivity index (χ2v) is 15.7. The summed E-state index contributed by atoms with van der Waals surface area (Å²) in [4.78, 5) is 19.1. The van der Waals surface area contributed by atoms with Gasteiger partial charge in [-0.05, 0) is 126 Å². The molecule has 7 heteroatoms. The van der Waals surface area contributed by atoms with Gasteiger partial charge in [-0.2, -0.15) is 0 Å². The van der Waals surface area contributed by atoms with E-state index in [9.17, 15) is 4.79 Å². The summed E-state index contributed by atoms with van der Waals surface area (Å²) < 4.78 is 26.1. The van der Waals surface area contributed by atoms with E-state index in [-0.39, 0.29) is 12.7 Å². The highest BCUT2D eigenvalue weighted by Gasteiger charge is 2.34. The summed E-state index contributed by atoms with van der Waals surface area (Å²) in [7, 11) is 0. The lowest BCUT2D eigenvalue weighted by atomic mass is 9.85. The third kappa shape index (κ3) is 7.33. The van der Waals surface area contributed by atoms with E-state index in [1.54, 1.807) is 11.3 Å². The van der Waals surface area contributed by atoms with Gasteiger partial charge in [0, 0.05) is 28.7 Å². The topological polar surface area (TPSA) is 66.9 Å². The lowest BCUT2D eigenvalue weighted by Gasteiger charge is -2.30. The molecule has 2 aliphatic heterocycles.